The molecule has 8 heteroatoms. The molecule has 0 unspecified atom stereocenters. The highest BCUT2D eigenvalue weighted by atomic mass is 19.1. The average Bonchev–Trinajstić information content (AvgIpc) is 3.37. The number of anilines is 1. The Bertz CT molecular complexity index is 1040. The third-order valence-electron chi connectivity index (χ3n) is 6.27. The Balaban J connectivity index is 1.29. The van der Waals surface area contributed by atoms with Gasteiger partial charge in [0.25, 0.3) is 5.91 Å². The highest BCUT2D eigenvalue weighted by Gasteiger charge is 2.23. The Morgan fingerprint density at radius 3 is 2.27 bits per heavy atom. The smallest absolute Gasteiger partial charge is 0.317 e. The van der Waals surface area contributed by atoms with Crippen LogP contribution in [0.1, 0.15) is 46.0 Å². The monoisotopic (exact) mass is 452 g/mol. The summed E-state index contributed by atoms with van der Waals surface area (Å²) in [5.41, 5.74) is 2.31. The van der Waals surface area contributed by atoms with Crippen molar-refractivity contribution >= 4 is 23.4 Å². The van der Waals surface area contributed by atoms with E-state index in [2.05, 4.69) is 5.32 Å². The number of hydrogen-bond acceptors (Lipinski definition) is 4. The Labute approximate surface area is 193 Å². The Hall–Kier alpha value is -3.42. The molecule has 7 nitrogen and oxygen atoms in total. The zero-order chi connectivity index (χ0) is 23.4. The van der Waals surface area contributed by atoms with Crippen molar-refractivity contribution in [3.8, 4) is 0 Å². The Kier molecular flexibility index (Phi) is 6.91. The van der Waals surface area contributed by atoms with Gasteiger partial charge in [-0.2, -0.15) is 0 Å². The lowest BCUT2D eigenvalue weighted by Crippen LogP contribution is -2.51. The van der Waals surface area contributed by atoms with Crippen LogP contribution in [0.3, 0.4) is 0 Å². The molecule has 33 heavy (non-hydrogen) atoms. The molecule has 2 aromatic rings. The van der Waals surface area contributed by atoms with E-state index < -0.39 is 5.82 Å². The van der Waals surface area contributed by atoms with E-state index in [1.54, 1.807) is 17.0 Å². The molecule has 0 bridgehead atoms. The summed E-state index contributed by atoms with van der Waals surface area (Å²) in [5.74, 6) is -0.558. The fourth-order valence-corrected chi connectivity index (χ4v) is 4.34. The predicted molar refractivity (Wildman–Crippen MR) is 124 cm³/mol. The Morgan fingerprint density at radius 2 is 1.61 bits per heavy atom. The van der Waals surface area contributed by atoms with Gasteiger partial charge in [-0.25, -0.2) is 9.18 Å². The number of Topliss-reactive ketones (excluding diaryl/α,β-unsaturated/α-hetero) is 1. The number of amides is 3. The molecule has 0 atom stereocenters. The van der Waals surface area contributed by atoms with Crippen molar-refractivity contribution in [1.29, 1.82) is 0 Å². The molecule has 0 radical (unpaired) electrons. The number of ketones is 1. The summed E-state index contributed by atoms with van der Waals surface area (Å²) in [5, 5.41) is 2.92. The van der Waals surface area contributed by atoms with E-state index in [4.69, 9.17) is 0 Å². The first-order chi connectivity index (χ1) is 15.9. The zero-order valence-electron chi connectivity index (χ0n) is 18.8. The average molecular weight is 453 g/mol. The minimum absolute atomic E-state index is 0.0420. The van der Waals surface area contributed by atoms with Crippen LogP contribution >= 0.6 is 0 Å². The van der Waals surface area contributed by atoms with E-state index in [-0.39, 0.29) is 17.7 Å². The molecule has 2 aliphatic heterocycles. The lowest BCUT2D eigenvalue weighted by molar-refractivity contribution is 0.0792. The van der Waals surface area contributed by atoms with Crippen LogP contribution in [0.2, 0.25) is 0 Å². The number of carbonyl (C=O) groups excluding carboxylic acids is 3. The van der Waals surface area contributed by atoms with E-state index in [1.165, 1.54) is 13.0 Å². The highest BCUT2D eigenvalue weighted by Crippen LogP contribution is 2.22. The van der Waals surface area contributed by atoms with Crippen LogP contribution in [0, 0.1) is 5.82 Å². The number of nitrogens with zero attached hydrogens (tertiary/aromatic N) is 3. The van der Waals surface area contributed by atoms with Crippen molar-refractivity contribution in [2.75, 3.05) is 44.2 Å². The summed E-state index contributed by atoms with van der Waals surface area (Å²) in [6, 6.07) is 11.7. The fourth-order valence-electron chi connectivity index (χ4n) is 4.34. The van der Waals surface area contributed by atoms with Gasteiger partial charge in [-0.3, -0.25) is 9.59 Å². The second kappa shape index (κ2) is 10.0. The van der Waals surface area contributed by atoms with Crippen LogP contribution in [0.25, 0.3) is 0 Å². The van der Waals surface area contributed by atoms with E-state index in [0.717, 1.165) is 31.5 Å². The topological polar surface area (TPSA) is 73.0 Å². The maximum Gasteiger partial charge on any atom is 0.317 e. The first-order valence-corrected chi connectivity index (χ1v) is 11.4. The lowest BCUT2D eigenvalue weighted by atomic mass is 10.1. The lowest BCUT2D eigenvalue weighted by Gasteiger charge is -2.36. The molecule has 174 valence electrons. The predicted octanol–water partition coefficient (Wildman–Crippen LogP) is 3.30. The zero-order valence-corrected chi connectivity index (χ0v) is 18.8. The van der Waals surface area contributed by atoms with Crippen molar-refractivity contribution in [3.63, 3.8) is 0 Å². The van der Waals surface area contributed by atoms with E-state index in [0.29, 0.717) is 49.5 Å². The van der Waals surface area contributed by atoms with Gasteiger partial charge in [0.15, 0.2) is 5.78 Å². The van der Waals surface area contributed by atoms with Crippen LogP contribution in [0.5, 0.6) is 0 Å². The number of benzene rings is 2. The van der Waals surface area contributed by atoms with Gasteiger partial charge in [0.2, 0.25) is 0 Å². The molecule has 0 aromatic heterocycles. The molecule has 2 fully saturated rings. The van der Waals surface area contributed by atoms with Gasteiger partial charge in [-0.15, -0.1) is 0 Å². The maximum absolute atomic E-state index is 14.4. The molecule has 1 N–H and O–H groups in total. The maximum atomic E-state index is 14.4. The molecule has 2 saturated heterocycles. The first-order valence-electron chi connectivity index (χ1n) is 11.4. The van der Waals surface area contributed by atoms with Crippen molar-refractivity contribution in [2.24, 2.45) is 0 Å². The second-order valence-electron chi connectivity index (χ2n) is 8.55. The standard InChI is InChI=1S/C25H29FN4O3/c1-18(31)20-7-8-23(22(26)16-20)28-11-13-30(14-12-28)25(33)27-17-19-5-4-6-21(15-19)24(32)29-9-2-3-10-29/h4-8,15-16H,2-3,9-14,17H2,1H3,(H,27,33). The molecule has 0 spiro atoms. The normalized spacial score (nSPS) is 16.1. The van der Waals surface area contributed by atoms with Gasteiger partial charge >= 0.3 is 6.03 Å². The van der Waals surface area contributed by atoms with Crippen molar-refractivity contribution in [2.45, 2.75) is 26.3 Å². The first kappa shape index (κ1) is 22.8. The summed E-state index contributed by atoms with van der Waals surface area (Å²) in [4.78, 5) is 42.1. The summed E-state index contributed by atoms with van der Waals surface area (Å²) in [6.45, 7) is 5.29. The number of rotatable bonds is 5. The third kappa shape index (κ3) is 5.32. The van der Waals surface area contributed by atoms with Gasteiger partial charge in [-0.1, -0.05) is 12.1 Å². The van der Waals surface area contributed by atoms with E-state index in [1.807, 2.05) is 34.1 Å². The minimum Gasteiger partial charge on any atom is -0.366 e. The van der Waals surface area contributed by atoms with E-state index >= 15 is 0 Å². The number of nitrogens with one attached hydrogen (secondary N) is 1. The van der Waals surface area contributed by atoms with Gasteiger partial charge in [0.05, 0.1) is 5.69 Å². The number of likely N-dealkylation sites (tertiary alicyclic amines) is 1. The second-order valence-corrected chi connectivity index (χ2v) is 8.55. The molecule has 2 heterocycles. The van der Waals surface area contributed by atoms with Crippen LogP contribution in [0.4, 0.5) is 14.9 Å². The SMILES string of the molecule is CC(=O)c1ccc(N2CCN(C(=O)NCc3cccc(C(=O)N4CCCC4)c3)CC2)c(F)c1. The molecule has 4 rings (SSSR count). The van der Waals surface area contributed by atoms with Crippen LogP contribution in [-0.4, -0.2) is 66.8 Å². The van der Waals surface area contributed by atoms with Crippen LogP contribution < -0.4 is 10.2 Å². The highest BCUT2D eigenvalue weighted by molar-refractivity contribution is 5.95. The largest absolute Gasteiger partial charge is 0.366 e. The Morgan fingerprint density at radius 1 is 0.879 bits per heavy atom. The molecular weight excluding hydrogens is 423 g/mol. The van der Waals surface area contributed by atoms with Crippen LogP contribution in [-0.2, 0) is 6.54 Å². The van der Waals surface area contributed by atoms with Crippen LogP contribution in [0.15, 0.2) is 42.5 Å². The number of piperazine rings is 1. The number of halogens is 1. The number of urea groups is 1. The quantitative estimate of drug-likeness (QED) is 0.707. The molecule has 0 aliphatic carbocycles. The van der Waals surface area contributed by atoms with Crippen molar-refractivity contribution in [3.05, 3.63) is 65.0 Å². The summed E-state index contributed by atoms with van der Waals surface area (Å²) >= 11 is 0. The molecule has 2 aliphatic rings. The number of hydrogen-bond donors (Lipinski definition) is 1. The van der Waals surface area contributed by atoms with Crippen molar-refractivity contribution in [1.82, 2.24) is 15.1 Å². The molecular formula is C25H29FN4O3. The third-order valence-corrected chi connectivity index (χ3v) is 6.27. The summed E-state index contributed by atoms with van der Waals surface area (Å²) < 4.78 is 14.4. The van der Waals surface area contributed by atoms with Gasteiger partial charge in [0.1, 0.15) is 5.82 Å². The fraction of sp³-hybridized carbons (Fsp3) is 0.400. The molecule has 3 amide bonds. The molecule has 2 aromatic carbocycles. The van der Waals surface area contributed by atoms with Gasteiger partial charge in [0, 0.05) is 56.9 Å². The van der Waals surface area contributed by atoms with Gasteiger partial charge < -0.3 is 20.0 Å². The molecule has 0 saturated carbocycles. The minimum atomic E-state index is -0.427. The van der Waals surface area contributed by atoms with Gasteiger partial charge in [-0.05, 0) is 55.7 Å². The summed E-state index contributed by atoms with van der Waals surface area (Å²) in [6.07, 6.45) is 2.09. The number of carbonyl (C=O) groups is 3. The van der Waals surface area contributed by atoms with Crippen molar-refractivity contribution < 1.29 is 18.8 Å². The summed E-state index contributed by atoms with van der Waals surface area (Å²) in [7, 11) is 0. The van der Waals surface area contributed by atoms with E-state index in [9.17, 15) is 18.8 Å².